The minimum Gasteiger partial charge on any atom is -0.497 e. The summed E-state index contributed by atoms with van der Waals surface area (Å²) in [5, 5.41) is 2.88. The number of methoxy groups -OCH3 is 1. The molecule has 4 aromatic rings. The summed E-state index contributed by atoms with van der Waals surface area (Å²) in [5.41, 5.74) is 2.65. The molecule has 0 spiro atoms. The molecule has 1 aliphatic rings. The molecule has 34 heavy (non-hydrogen) atoms. The van der Waals surface area contributed by atoms with Crippen LogP contribution < -0.4 is 24.3 Å². The number of aromatic nitrogens is 2. The van der Waals surface area contributed by atoms with Crippen LogP contribution in [0.1, 0.15) is 10.4 Å². The molecule has 0 aliphatic carbocycles. The van der Waals surface area contributed by atoms with Gasteiger partial charge in [0.15, 0.2) is 11.5 Å². The summed E-state index contributed by atoms with van der Waals surface area (Å²) in [7, 11) is 1.60. The van der Waals surface area contributed by atoms with Crippen molar-refractivity contribution < 1.29 is 23.7 Å². The van der Waals surface area contributed by atoms with Gasteiger partial charge in [-0.05, 0) is 36.4 Å². The number of carbonyl (C=O) groups excluding carboxylic acids is 1. The third-order valence-corrected chi connectivity index (χ3v) is 5.15. The Balaban J connectivity index is 1.28. The third kappa shape index (κ3) is 4.75. The predicted molar refractivity (Wildman–Crippen MR) is 126 cm³/mol. The monoisotopic (exact) mass is 455 g/mol. The number of benzene rings is 3. The van der Waals surface area contributed by atoms with Crippen molar-refractivity contribution in [1.29, 1.82) is 0 Å². The van der Waals surface area contributed by atoms with Crippen molar-refractivity contribution in [3.63, 3.8) is 0 Å². The second-order valence-corrected chi connectivity index (χ2v) is 7.41. The van der Waals surface area contributed by atoms with Gasteiger partial charge < -0.3 is 24.3 Å². The summed E-state index contributed by atoms with van der Waals surface area (Å²) >= 11 is 0. The third-order valence-electron chi connectivity index (χ3n) is 5.15. The Kier molecular flexibility index (Phi) is 5.94. The smallest absolute Gasteiger partial charge is 0.255 e. The van der Waals surface area contributed by atoms with Crippen molar-refractivity contribution in [3.05, 3.63) is 84.7 Å². The summed E-state index contributed by atoms with van der Waals surface area (Å²) in [6, 6.07) is 21.5. The lowest BCUT2D eigenvalue weighted by Gasteiger charge is -2.19. The van der Waals surface area contributed by atoms with Crippen molar-refractivity contribution in [2.45, 2.75) is 0 Å². The van der Waals surface area contributed by atoms with Gasteiger partial charge in [-0.3, -0.25) is 4.79 Å². The summed E-state index contributed by atoms with van der Waals surface area (Å²) < 4.78 is 22.1. The van der Waals surface area contributed by atoms with Crippen LogP contribution in [0.4, 0.5) is 5.69 Å². The largest absolute Gasteiger partial charge is 0.497 e. The quantitative estimate of drug-likeness (QED) is 0.439. The molecule has 1 aliphatic heterocycles. The molecule has 170 valence electrons. The Morgan fingerprint density at radius 1 is 0.882 bits per heavy atom. The molecule has 0 saturated heterocycles. The van der Waals surface area contributed by atoms with E-state index in [9.17, 15) is 4.79 Å². The molecule has 2 heterocycles. The molecular weight excluding hydrogens is 434 g/mol. The molecule has 5 rings (SSSR count). The Labute approximate surface area is 196 Å². The number of rotatable bonds is 6. The number of nitrogens with zero attached hydrogens (tertiary/aromatic N) is 2. The van der Waals surface area contributed by atoms with E-state index in [2.05, 4.69) is 15.3 Å². The van der Waals surface area contributed by atoms with Crippen LogP contribution in [0.2, 0.25) is 0 Å². The lowest BCUT2D eigenvalue weighted by molar-refractivity contribution is 0.102. The number of nitrogens with one attached hydrogen (secondary N) is 1. The van der Waals surface area contributed by atoms with Gasteiger partial charge in [0.25, 0.3) is 5.91 Å². The van der Waals surface area contributed by atoms with Crippen LogP contribution in [0.25, 0.3) is 11.3 Å². The molecule has 1 aromatic heterocycles. The Morgan fingerprint density at radius 3 is 2.50 bits per heavy atom. The van der Waals surface area contributed by atoms with Gasteiger partial charge >= 0.3 is 0 Å². The van der Waals surface area contributed by atoms with Gasteiger partial charge in [-0.2, -0.15) is 0 Å². The van der Waals surface area contributed by atoms with E-state index in [4.69, 9.17) is 18.9 Å². The zero-order chi connectivity index (χ0) is 23.3. The van der Waals surface area contributed by atoms with Gasteiger partial charge in [-0.15, -0.1) is 0 Å². The van der Waals surface area contributed by atoms with E-state index in [0.717, 1.165) is 5.56 Å². The van der Waals surface area contributed by atoms with Crippen molar-refractivity contribution >= 4 is 11.6 Å². The van der Waals surface area contributed by atoms with E-state index in [-0.39, 0.29) is 5.91 Å². The summed E-state index contributed by atoms with van der Waals surface area (Å²) in [6.07, 6.45) is 1.44. The minimum absolute atomic E-state index is 0.229. The first-order chi connectivity index (χ1) is 16.7. The fourth-order valence-corrected chi connectivity index (χ4v) is 3.46. The van der Waals surface area contributed by atoms with Crippen LogP contribution in [0.3, 0.4) is 0 Å². The van der Waals surface area contributed by atoms with E-state index in [0.29, 0.717) is 59.0 Å². The second kappa shape index (κ2) is 9.50. The SMILES string of the molecule is COc1cccc(Oc2cc(-c3ccc(C(=O)Nc4ccc5c(c4)OCCO5)cc3)ncn2)c1. The average Bonchev–Trinajstić information content (AvgIpc) is 2.89. The second-order valence-electron chi connectivity index (χ2n) is 7.41. The average molecular weight is 455 g/mol. The lowest BCUT2D eigenvalue weighted by atomic mass is 10.1. The van der Waals surface area contributed by atoms with Crippen LogP contribution in [0.15, 0.2) is 79.1 Å². The van der Waals surface area contributed by atoms with Crippen molar-refractivity contribution in [2.75, 3.05) is 25.6 Å². The molecule has 8 nitrogen and oxygen atoms in total. The van der Waals surface area contributed by atoms with E-state index in [1.165, 1.54) is 6.33 Å². The maximum atomic E-state index is 12.7. The molecular formula is C26H21N3O5. The lowest BCUT2D eigenvalue weighted by Crippen LogP contribution is -2.16. The van der Waals surface area contributed by atoms with Crippen LogP contribution in [-0.4, -0.2) is 36.2 Å². The first-order valence-corrected chi connectivity index (χ1v) is 10.6. The maximum Gasteiger partial charge on any atom is 0.255 e. The van der Waals surface area contributed by atoms with Crippen LogP contribution in [-0.2, 0) is 0 Å². The highest BCUT2D eigenvalue weighted by molar-refractivity contribution is 6.04. The minimum atomic E-state index is -0.229. The predicted octanol–water partition coefficient (Wildman–Crippen LogP) is 4.97. The Morgan fingerprint density at radius 2 is 1.68 bits per heavy atom. The molecule has 1 amide bonds. The van der Waals surface area contributed by atoms with E-state index < -0.39 is 0 Å². The number of fused-ring (bicyclic) bond motifs is 1. The van der Waals surface area contributed by atoms with Crippen molar-refractivity contribution in [3.8, 4) is 40.1 Å². The first kappa shape index (κ1) is 21.3. The standard InChI is InChI=1S/C26H21N3O5/c1-31-20-3-2-4-21(14-20)34-25-15-22(27-16-28-25)17-5-7-18(8-6-17)26(30)29-19-9-10-23-24(13-19)33-12-11-32-23/h2-10,13-16H,11-12H2,1H3,(H,29,30). The number of hydrogen-bond acceptors (Lipinski definition) is 7. The summed E-state index contributed by atoms with van der Waals surface area (Å²) in [4.78, 5) is 21.2. The molecule has 0 radical (unpaired) electrons. The molecule has 0 unspecified atom stereocenters. The zero-order valence-electron chi connectivity index (χ0n) is 18.4. The zero-order valence-corrected chi connectivity index (χ0v) is 18.4. The van der Waals surface area contributed by atoms with E-state index in [1.54, 1.807) is 49.6 Å². The summed E-state index contributed by atoms with van der Waals surface area (Å²) in [5.74, 6) is 2.77. The van der Waals surface area contributed by atoms with Gasteiger partial charge in [0.2, 0.25) is 5.88 Å². The molecule has 0 saturated carbocycles. The normalized spacial score (nSPS) is 12.0. The fraction of sp³-hybridized carbons (Fsp3) is 0.115. The fourth-order valence-electron chi connectivity index (χ4n) is 3.46. The molecule has 0 fully saturated rings. The first-order valence-electron chi connectivity index (χ1n) is 10.6. The highest BCUT2D eigenvalue weighted by Crippen LogP contribution is 2.33. The number of anilines is 1. The molecule has 8 heteroatoms. The van der Waals surface area contributed by atoms with Crippen molar-refractivity contribution in [1.82, 2.24) is 9.97 Å². The molecule has 0 bridgehead atoms. The van der Waals surface area contributed by atoms with Crippen LogP contribution >= 0.6 is 0 Å². The van der Waals surface area contributed by atoms with Crippen molar-refractivity contribution in [2.24, 2.45) is 0 Å². The molecule has 0 atom stereocenters. The highest BCUT2D eigenvalue weighted by Gasteiger charge is 2.14. The van der Waals surface area contributed by atoms with E-state index in [1.807, 2.05) is 30.3 Å². The van der Waals surface area contributed by atoms with Crippen LogP contribution in [0.5, 0.6) is 28.9 Å². The van der Waals surface area contributed by atoms with Gasteiger partial charge in [0, 0.05) is 35.0 Å². The Bertz CT molecular complexity index is 1320. The van der Waals surface area contributed by atoms with Gasteiger partial charge in [0.05, 0.1) is 12.8 Å². The number of amides is 1. The summed E-state index contributed by atoms with van der Waals surface area (Å²) in [6.45, 7) is 1.01. The van der Waals surface area contributed by atoms with Gasteiger partial charge in [-0.1, -0.05) is 18.2 Å². The Hall–Kier alpha value is -4.59. The highest BCUT2D eigenvalue weighted by atomic mass is 16.6. The maximum absolute atomic E-state index is 12.7. The topological polar surface area (TPSA) is 91.8 Å². The molecule has 3 aromatic carbocycles. The number of ether oxygens (including phenoxy) is 4. The number of hydrogen-bond donors (Lipinski definition) is 1. The van der Waals surface area contributed by atoms with E-state index >= 15 is 0 Å². The number of carbonyl (C=O) groups is 1. The molecule has 1 N–H and O–H groups in total. The van der Waals surface area contributed by atoms with Gasteiger partial charge in [-0.25, -0.2) is 9.97 Å². The van der Waals surface area contributed by atoms with Gasteiger partial charge in [0.1, 0.15) is 31.0 Å². The van der Waals surface area contributed by atoms with Crippen LogP contribution in [0, 0.1) is 0 Å².